The number of rotatable bonds is 7. The Labute approximate surface area is 150 Å². The molecule has 2 aromatic heterocycles. The molecule has 130 valence electrons. The number of hydrogen-bond donors (Lipinski definition) is 1. The fraction of sp³-hybridized carbons (Fsp3) is 0.263. The van der Waals surface area contributed by atoms with Crippen LogP contribution in [0.25, 0.3) is 10.6 Å². The van der Waals surface area contributed by atoms with Gasteiger partial charge >= 0.3 is 0 Å². The van der Waals surface area contributed by atoms with Crippen LogP contribution in [0.5, 0.6) is 5.75 Å². The van der Waals surface area contributed by atoms with Gasteiger partial charge in [0.2, 0.25) is 0 Å². The third kappa shape index (κ3) is 4.28. The number of hydrogen-bond acceptors (Lipinski definition) is 5. The van der Waals surface area contributed by atoms with Gasteiger partial charge in [0, 0.05) is 11.4 Å². The topological polar surface area (TPSA) is 64.4 Å². The molecule has 0 saturated heterocycles. The maximum absolute atomic E-state index is 12.4. The third-order valence-corrected chi connectivity index (χ3v) is 4.68. The van der Waals surface area contributed by atoms with E-state index in [0.29, 0.717) is 24.6 Å². The number of aryl methyl sites for hydroxylation is 1. The van der Waals surface area contributed by atoms with Gasteiger partial charge in [-0.3, -0.25) is 4.79 Å². The molecule has 25 heavy (non-hydrogen) atoms. The van der Waals surface area contributed by atoms with Gasteiger partial charge in [0.1, 0.15) is 5.75 Å². The molecular formula is C19H20N2O3S. The summed E-state index contributed by atoms with van der Waals surface area (Å²) in [6.45, 7) is 5.15. The Morgan fingerprint density at radius 3 is 2.72 bits per heavy atom. The first-order valence-corrected chi connectivity index (χ1v) is 8.99. The predicted octanol–water partition coefficient (Wildman–Crippen LogP) is 4.08. The summed E-state index contributed by atoms with van der Waals surface area (Å²) in [6.07, 6.45) is 2.05. The lowest BCUT2D eigenvalue weighted by Crippen LogP contribution is -2.26. The molecule has 0 radical (unpaired) electrons. The quantitative estimate of drug-likeness (QED) is 0.693. The molecule has 0 fully saturated rings. The Kier molecular flexibility index (Phi) is 5.50. The van der Waals surface area contributed by atoms with Crippen LogP contribution in [0.2, 0.25) is 0 Å². The van der Waals surface area contributed by atoms with Crippen LogP contribution in [0.15, 0.2) is 47.2 Å². The molecule has 0 saturated carbocycles. The maximum Gasteiger partial charge on any atom is 0.273 e. The molecule has 6 heteroatoms. The molecule has 0 aliphatic rings. The smallest absolute Gasteiger partial charge is 0.273 e. The number of ether oxygens (including phenoxy) is 1. The van der Waals surface area contributed by atoms with Crippen molar-refractivity contribution in [2.45, 2.75) is 20.3 Å². The van der Waals surface area contributed by atoms with E-state index in [9.17, 15) is 4.79 Å². The summed E-state index contributed by atoms with van der Waals surface area (Å²) in [5, 5.41) is 2.90. The minimum Gasteiger partial charge on any atom is -0.494 e. The lowest BCUT2D eigenvalue weighted by molar-refractivity contribution is 0.0950. The van der Waals surface area contributed by atoms with E-state index >= 15 is 0 Å². The highest BCUT2D eigenvalue weighted by atomic mass is 32.1. The lowest BCUT2D eigenvalue weighted by atomic mass is 10.1. The van der Waals surface area contributed by atoms with Crippen molar-refractivity contribution in [1.29, 1.82) is 0 Å². The maximum atomic E-state index is 12.4. The number of nitrogens with zero attached hydrogens (tertiary/aromatic N) is 1. The highest BCUT2D eigenvalue weighted by Gasteiger charge is 2.19. The van der Waals surface area contributed by atoms with Crippen LogP contribution in [-0.2, 0) is 6.42 Å². The second-order valence-electron chi connectivity index (χ2n) is 5.52. The fourth-order valence-corrected chi connectivity index (χ4v) is 3.32. The zero-order valence-electron chi connectivity index (χ0n) is 14.2. The summed E-state index contributed by atoms with van der Waals surface area (Å²) in [5.74, 6) is 1.16. The van der Waals surface area contributed by atoms with Crippen LogP contribution < -0.4 is 10.1 Å². The van der Waals surface area contributed by atoms with Gasteiger partial charge < -0.3 is 14.5 Å². The summed E-state index contributed by atoms with van der Waals surface area (Å²) >= 11 is 1.58. The number of aromatic nitrogens is 1. The van der Waals surface area contributed by atoms with Crippen molar-refractivity contribution in [2.24, 2.45) is 0 Å². The number of amides is 1. The van der Waals surface area contributed by atoms with Crippen LogP contribution in [-0.4, -0.2) is 24.0 Å². The van der Waals surface area contributed by atoms with E-state index in [1.165, 1.54) is 6.39 Å². The van der Waals surface area contributed by atoms with Crippen molar-refractivity contribution >= 4 is 17.2 Å². The first-order valence-electron chi connectivity index (χ1n) is 8.17. The van der Waals surface area contributed by atoms with Gasteiger partial charge in [-0.15, -0.1) is 11.3 Å². The van der Waals surface area contributed by atoms with Crippen molar-refractivity contribution in [3.63, 3.8) is 0 Å². The minimum atomic E-state index is -0.222. The van der Waals surface area contributed by atoms with Gasteiger partial charge in [-0.05, 0) is 50.1 Å². The molecule has 0 aliphatic heterocycles. The number of carbonyl (C=O) groups is 1. The minimum absolute atomic E-state index is 0.222. The second-order valence-corrected chi connectivity index (χ2v) is 6.81. The summed E-state index contributed by atoms with van der Waals surface area (Å²) < 4.78 is 10.8. The van der Waals surface area contributed by atoms with E-state index in [4.69, 9.17) is 9.15 Å². The van der Waals surface area contributed by atoms with Crippen molar-refractivity contribution < 1.29 is 13.9 Å². The standard InChI is InChI=1S/C19H20N2O3S/c1-3-23-15-7-5-14(6-8-15)10-11-20-19(22)17-18(24-12-21-17)16-9-4-13(2)25-16/h4-9,12H,3,10-11H2,1-2H3,(H,20,22). The first-order chi connectivity index (χ1) is 12.2. The molecule has 3 rings (SSSR count). The molecule has 1 aromatic carbocycles. The van der Waals surface area contributed by atoms with Crippen LogP contribution in [0.1, 0.15) is 27.9 Å². The molecule has 0 bridgehead atoms. The number of carbonyl (C=O) groups excluding carboxylic acids is 1. The zero-order chi connectivity index (χ0) is 17.6. The van der Waals surface area contributed by atoms with Gasteiger partial charge in [-0.25, -0.2) is 4.98 Å². The third-order valence-electron chi connectivity index (χ3n) is 3.68. The van der Waals surface area contributed by atoms with Crippen molar-refractivity contribution in [1.82, 2.24) is 10.3 Å². The Balaban J connectivity index is 1.57. The van der Waals surface area contributed by atoms with Crippen molar-refractivity contribution in [3.8, 4) is 16.4 Å². The van der Waals surface area contributed by atoms with E-state index in [2.05, 4.69) is 10.3 Å². The number of nitrogens with one attached hydrogen (secondary N) is 1. The van der Waals surface area contributed by atoms with Gasteiger partial charge in [0.05, 0.1) is 11.5 Å². The number of benzene rings is 1. The SMILES string of the molecule is CCOc1ccc(CCNC(=O)c2ncoc2-c2ccc(C)s2)cc1. The summed E-state index contributed by atoms with van der Waals surface area (Å²) in [7, 11) is 0. The van der Waals surface area contributed by atoms with Crippen LogP contribution in [0.3, 0.4) is 0 Å². The van der Waals surface area contributed by atoms with E-state index < -0.39 is 0 Å². The van der Waals surface area contributed by atoms with E-state index in [0.717, 1.165) is 27.5 Å². The van der Waals surface area contributed by atoms with E-state index in [1.807, 2.05) is 50.2 Å². The molecule has 5 nitrogen and oxygen atoms in total. The fourth-order valence-electron chi connectivity index (χ4n) is 2.46. The van der Waals surface area contributed by atoms with Crippen molar-refractivity contribution in [2.75, 3.05) is 13.2 Å². The highest BCUT2D eigenvalue weighted by Crippen LogP contribution is 2.29. The molecule has 0 spiro atoms. The Morgan fingerprint density at radius 1 is 1.24 bits per heavy atom. The van der Waals surface area contributed by atoms with Crippen LogP contribution in [0.4, 0.5) is 0 Å². The monoisotopic (exact) mass is 356 g/mol. The summed E-state index contributed by atoms with van der Waals surface area (Å²) in [4.78, 5) is 18.5. The lowest BCUT2D eigenvalue weighted by Gasteiger charge is -2.06. The van der Waals surface area contributed by atoms with Gasteiger partial charge in [0.15, 0.2) is 17.8 Å². The van der Waals surface area contributed by atoms with E-state index in [1.54, 1.807) is 11.3 Å². The molecule has 0 aliphatic carbocycles. The predicted molar refractivity (Wildman–Crippen MR) is 98.2 cm³/mol. The summed E-state index contributed by atoms with van der Waals surface area (Å²) in [6, 6.07) is 11.8. The molecule has 2 heterocycles. The summed E-state index contributed by atoms with van der Waals surface area (Å²) in [5.41, 5.74) is 1.46. The van der Waals surface area contributed by atoms with Crippen LogP contribution in [0, 0.1) is 6.92 Å². The second kappa shape index (κ2) is 7.98. The van der Waals surface area contributed by atoms with Crippen LogP contribution >= 0.6 is 11.3 Å². The zero-order valence-corrected chi connectivity index (χ0v) is 15.1. The molecular weight excluding hydrogens is 336 g/mol. The number of oxazole rings is 1. The van der Waals surface area contributed by atoms with Gasteiger partial charge in [0.25, 0.3) is 5.91 Å². The van der Waals surface area contributed by atoms with Gasteiger partial charge in [-0.2, -0.15) is 0 Å². The Hall–Kier alpha value is -2.60. The average Bonchev–Trinajstić information content (AvgIpc) is 3.25. The van der Waals surface area contributed by atoms with E-state index in [-0.39, 0.29) is 5.91 Å². The normalized spacial score (nSPS) is 10.6. The van der Waals surface area contributed by atoms with Gasteiger partial charge in [-0.1, -0.05) is 12.1 Å². The number of thiophene rings is 1. The Bertz CT molecular complexity index is 836. The highest BCUT2D eigenvalue weighted by molar-refractivity contribution is 7.15. The largest absolute Gasteiger partial charge is 0.494 e. The molecule has 1 N–H and O–H groups in total. The Morgan fingerprint density at radius 2 is 2.04 bits per heavy atom. The molecule has 0 atom stereocenters. The molecule has 0 unspecified atom stereocenters. The molecule has 3 aromatic rings. The molecule has 1 amide bonds. The average molecular weight is 356 g/mol. The van der Waals surface area contributed by atoms with Crippen molar-refractivity contribution in [3.05, 3.63) is 58.9 Å². The first kappa shape index (κ1) is 17.2.